The lowest BCUT2D eigenvalue weighted by molar-refractivity contribution is 0.0381. The number of halogens is 2. The quantitative estimate of drug-likeness (QED) is 0.803. The molecule has 1 aromatic rings. The number of aliphatic hydroxyl groups is 1. The minimum absolute atomic E-state index is 0.510. The summed E-state index contributed by atoms with van der Waals surface area (Å²) in [5.41, 5.74) is 0.0948. The van der Waals surface area contributed by atoms with Crippen LogP contribution >= 0.6 is 23.2 Å². The van der Waals surface area contributed by atoms with E-state index >= 15 is 0 Å². The van der Waals surface area contributed by atoms with Crippen LogP contribution < -0.4 is 5.32 Å². The third-order valence-corrected chi connectivity index (χ3v) is 4.22. The fourth-order valence-corrected chi connectivity index (χ4v) is 3.01. The molecule has 0 atom stereocenters. The van der Waals surface area contributed by atoms with E-state index in [1.165, 1.54) is 12.8 Å². The summed E-state index contributed by atoms with van der Waals surface area (Å²) in [6, 6.07) is 5.41. The highest BCUT2D eigenvalue weighted by Crippen LogP contribution is 2.32. The van der Waals surface area contributed by atoms with Crippen LogP contribution in [0.5, 0.6) is 0 Å². The van der Waals surface area contributed by atoms with Gasteiger partial charge >= 0.3 is 0 Å². The highest BCUT2D eigenvalue weighted by Gasteiger charge is 2.28. The van der Waals surface area contributed by atoms with E-state index in [0.717, 1.165) is 31.4 Å². The fraction of sp³-hybridized carbons (Fsp3) is 0.571. The molecule has 0 saturated heterocycles. The van der Waals surface area contributed by atoms with Crippen molar-refractivity contribution in [3.8, 4) is 0 Å². The number of hydrogen-bond donors (Lipinski definition) is 2. The van der Waals surface area contributed by atoms with Crippen LogP contribution in [0.4, 0.5) is 5.69 Å². The molecule has 0 aromatic heterocycles. The van der Waals surface area contributed by atoms with Crippen LogP contribution in [0, 0.1) is 0 Å². The predicted octanol–water partition coefficient (Wildman–Crippen LogP) is 4.49. The van der Waals surface area contributed by atoms with E-state index in [-0.39, 0.29) is 0 Å². The normalized spacial score (nSPS) is 19.3. The van der Waals surface area contributed by atoms with Crippen molar-refractivity contribution in [1.29, 1.82) is 0 Å². The summed E-state index contributed by atoms with van der Waals surface area (Å²) in [5, 5.41) is 14.9. The van der Waals surface area contributed by atoms with Gasteiger partial charge in [0.15, 0.2) is 0 Å². The van der Waals surface area contributed by atoms with E-state index in [4.69, 9.17) is 23.2 Å². The van der Waals surface area contributed by atoms with E-state index in [1.807, 2.05) is 6.07 Å². The molecule has 100 valence electrons. The molecule has 0 amide bonds. The maximum absolute atomic E-state index is 10.5. The van der Waals surface area contributed by atoms with Gasteiger partial charge in [0.2, 0.25) is 0 Å². The summed E-state index contributed by atoms with van der Waals surface area (Å²) >= 11 is 12.2. The third kappa shape index (κ3) is 3.53. The average molecular weight is 288 g/mol. The Bertz CT molecular complexity index is 381. The number of benzene rings is 1. The molecule has 0 spiro atoms. The lowest BCUT2D eigenvalue weighted by Crippen LogP contribution is -2.36. The van der Waals surface area contributed by atoms with Gasteiger partial charge in [-0.25, -0.2) is 0 Å². The zero-order chi connectivity index (χ0) is 13.0. The topological polar surface area (TPSA) is 32.3 Å². The Kier molecular flexibility index (Phi) is 4.77. The van der Waals surface area contributed by atoms with Gasteiger partial charge in [0, 0.05) is 6.54 Å². The van der Waals surface area contributed by atoms with Crippen LogP contribution in [-0.4, -0.2) is 17.3 Å². The summed E-state index contributed by atoms with van der Waals surface area (Å²) in [6.45, 7) is 0.510. The van der Waals surface area contributed by atoms with Crippen molar-refractivity contribution in [3.63, 3.8) is 0 Å². The molecule has 2 N–H and O–H groups in total. The second-order valence-corrected chi connectivity index (χ2v) is 5.90. The number of nitrogens with one attached hydrogen (secondary N) is 1. The summed E-state index contributed by atoms with van der Waals surface area (Å²) in [5.74, 6) is 0. The van der Waals surface area contributed by atoms with E-state index in [9.17, 15) is 5.11 Å². The van der Waals surface area contributed by atoms with Crippen molar-refractivity contribution in [1.82, 2.24) is 0 Å². The molecule has 0 bridgehead atoms. The first kappa shape index (κ1) is 14.0. The Hall–Kier alpha value is -0.440. The summed E-state index contributed by atoms with van der Waals surface area (Å²) < 4.78 is 0. The molecule has 18 heavy (non-hydrogen) atoms. The van der Waals surface area contributed by atoms with Gasteiger partial charge in [-0.3, -0.25) is 0 Å². The molecule has 0 heterocycles. The van der Waals surface area contributed by atoms with Crippen LogP contribution in [0.25, 0.3) is 0 Å². The first-order valence-electron chi connectivity index (χ1n) is 6.51. The third-order valence-electron chi connectivity index (χ3n) is 3.59. The molecule has 0 radical (unpaired) electrons. The molecule has 4 heteroatoms. The molecule has 2 rings (SSSR count). The number of rotatable bonds is 3. The highest BCUT2D eigenvalue weighted by atomic mass is 35.5. The van der Waals surface area contributed by atoms with Crippen LogP contribution in [0.1, 0.15) is 38.5 Å². The molecular formula is C14H19Cl2NO. The molecule has 1 aromatic carbocycles. The molecule has 2 nitrogen and oxygen atoms in total. The molecule has 0 aliphatic heterocycles. The van der Waals surface area contributed by atoms with Crippen LogP contribution in [0.15, 0.2) is 18.2 Å². The minimum Gasteiger partial charge on any atom is -0.388 e. The van der Waals surface area contributed by atoms with E-state index < -0.39 is 5.60 Å². The van der Waals surface area contributed by atoms with Crippen molar-refractivity contribution < 1.29 is 5.11 Å². The molecule has 0 unspecified atom stereocenters. The second-order valence-electron chi connectivity index (χ2n) is 5.09. The highest BCUT2D eigenvalue weighted by molar-refractivity contribution is 6.39. The summed E-state index contributed by atoms with van der Waals surface area (Å²) in [6.07, 6.45) is 6.32. The van der Waals surface area contributed by atoms with Crippen LogP contribution in [0.3, 0.4) is 0 Å². The Morgan fingerprint density at radius 2 is 1.61 bits per heavy atom. The molecule has 1 fully saturated rings. The lowest BCUT2D eigenvalue weighted by atomic mass is 9.94. The van der Waals surface area contributed by atoms with Gasteiger partial charge in [-0.2, -0.15) is 0 Å². The van der Waals surface area contributed by atoms with Gasteiger partial charge in [-0.05, 0) is 25.0 Å². The number of para-hydroxylation sites is 1. The summed E-state index contributed by atoms with van der Waals surface area (Å²) in [4.78, 5) is 0. The average Bonchev–Trinajstić information content (AvgIpc) is 2.54. The maximum atomic E-state index is 10.5. The molecule has 1 aliphatic rings. The maximum Gasteiger partial charge on any atom is 0.0819 e. The van der Waals surface area contributed by atoms with Gasteiger partial charge in [0.05, 0.1) is 21.3 Å². The standard InChI is InChI=1S/C14H19Cl2NO/c15-11-6-5-7-12(16)13(11)17-10-14(18)8-3-1-2-4-9-14/h5-7,17-18H,1-4,8-10H2. The van der Waals surface area contributed by atoms with Crippen molar-refractivity contribution in [3.05, 3.63) is 28.2 Å². The van der Waals surface area contributed by atoms with Gasteiger partial charge in [0.1, 0.15) is 0 Å². The zero-order valence-electron chi connectivity index (χ0n) is 10.4. The van der Waals surface area contributed by atoms with Crippen LogP contribution in [0.2, 0.25) is 10.0 Å². The summed E-state index contributed by atoms with van der Waals surface area (Å²) in [7, 11) is 0. The van der Waals surface area contributed by atoms with Crippen molar-refractivity contribution in [2.45, 2.75) is 44.1 Å². The first-order valence-corrected chi connectivity index (χ1v) is 7.27. The van der Waals surface area contributed by atoms with Crippen molar-refractivity contribution in [2.75, 3.05) is 11.9 Å². The fourth-order valence-electron chi connectivity index (χ4n) is 2.48. The van der Waals surface area contributed by atoms with Gasteiger partial charge in [-0.1, -0.05) is 55.0 Å². The lowest BCUT2D eigenvalue weighted by Gasteiger charge is -2.27. The van der Waals surface area contributed by atoms with Crippen LogP contribution in [-0.2, 0) is 0 Å². The van der Waals surface area contributed by atoms with Crippen molar-refractivity contribution >= 4 is 28.9 Å². The zero-order valence-corrected chi connectivity index (χ0v) is 11.9. The smallest absolute Gasteiger partial charge is 0.0819 e. The largest absolute Gasteiger partial charge is 0.388 e. The first-order chi connectivity index (χ1) is 8.61. The van der Waals surface area contributed by atoms with E-state index in [1.54, 1.807) is 12.1 Å². The van der Waals surface area contributed by atoms with Gasteiger partial charge in [0.25, 0.3) is 0 Å². The molecular weight excluding hydrogens is 269 g/mol. The van der Waals surface area contributed by atoms with Gasteiger partial charge < -0.3 is 10.4 Å². The van der Waals surface area contributed by atoms with E-state index in [2.05, 4.69) is 5.32 Å². The Labute approximate surface area is 118 Å². The second kappa shape index (κ2) is 6.14. The van der Waals surface area contributed by atoms with E-state index in [0.29, 0.717) is 16.6 Å². The Balaban J connectivity index is 2.02. The molecule has 1 aliphatic carbocycles. The Morgan fingerprint density at radius 1 is 1.06 bits per heavy atom. The monoisotopic (exact) mass is 287 g/mol. The van der Waals surface area contributed by atoms with Crippen molar-refractivity contribution in [2.24, 2.45) is 0 Å². The Morgan fingerprint density at radius 3 is 2.17 bits per heavy atom. The minimum atomic E-state index is -0.626. The SMILES string of the molecule is OC1(CNc2c(Cl)cccc2Cl)CCCCCC1. The molecule has 1 saturated carbocycles. The number of hydrogen-bond acceptors (Lipinski definition) is 2. The number of anilines is 1. The van der Waals surface area contributed by atoms with Gasteiger partial charge in [-0.15, -0.1) is 0 Å². The predicted molar refractivity (Wildman–Crippen MR) is 77.6 cm³/mol.